The lowest BCUT2D eigenvalue weighted by atomic mass is 9.84. The van der Waals surface area contributed by atoms with Gasteiger partial charge in [-0.25, -0.2) is 4.79 Å². The van der Waals surface area contributed by atoms with Gasteiger partial charge in [-0.2, -0.15) is 0 Å². The fraction of sp³-hybridized carbons (Fsp3) is 0.750. The van der Waals surface area contributed by atoms with E-state index in [9.17, 15) is 25.2 Å². The van der Waals surface area contributed by atoms with Crippen molar-refractivity contribution in [1.29, 1.82) is 0 Å². The molecule has 0 fully saturated rings. The molecule has 0 heterocycles. The second-order valence-corrected chi connectivity index (χ2v) is 4.32. The van der Waals surface area contributed by atoms with Crippen molar-refractivity contribution in [1.82, 2.24) is 0 Å². The van der Waals surface area contributed by atoms with Crippen molar-refractivity contribution in [3.05, 3.63) is 12.8 Å². The number of aliphatic hydroxyl groups is 5. The lowest BCUT2D eigenvalue weighted by molar-refractivity contribution is -0.201. The molecule has 0 bridgehead atoms. The predicted octanol–water partition coefficient (Wildman–Crippen LogP) is -2.56. The summed E-state index contributed by atoms with van der Waals surface area (Å²) in [5, 5.41) is 56.2. The van der Waals surface area contributed by atoms with Crippen LogP contribution < -0.4 is 0 Å². The van der Waals surface area contributed by atoms with Crippen molar-refractivity contribution in [2.24, 2.45) is 0 Å². The Kier molecular flexibility index (Phi) is 9.09. The van der Waals surface area contributed by atoms with Crippen LogP contribution in [0.15, 0.2) is 12.8 Å². The van der Waals surface area contributed by atoms with Gasteiger partial charge < -0.3 is 40.1 Å². The van der Waals surface area contributed by atoms with Crippen LogP contribution in [0.4, 0.5) is 0 Å². The van der Waals surface area contributed by atoms with Crippen LogP contribution in [0.2, 0.25) is 0 Å². The van der Waals surface area contributed by atoms with Gasteiger partial charge in [-0.05, 0) is 0 Å². The van der Waals surface area contributed by atoms with E-state index in [0.29, 0.717) is 0 Å². The van der Waals surface area contributed by atoms with Crippen LogP contribution >= 0.6 is 0 Å². The monoisotopic (exact) mass is 310 g/mol. The zero-order valence-electron chi connectivity index (χ0n) is 11.5. The number of hydrogen-bond acceptors (Lipinski definition) is 8. The fourth-order valence-electron chi connectivity index (χ4n) is 1.61. The molecule has 0 spiro atoms. The van der Waals surface area contributed by atoms with E-state index in [1.165, 1.54) is 6.26 Å². The summed E-state index contributed by atoms with van der Waals surface area (Å²) in [6, 6.07) is 0. The number of aliphatic carboxylic acids is 1. The first-order valence-electron chi connectivity index (χ1n) is 6.21. The van der Waals surface area contributed by atoms with E-state index in [0.717, 1.165) is 0 Å². The summed E-state index contributed by atoms with van der Waals surface area (Å²) in [5.74, 6) is -1.77. The summed E-state index contributed by atoms with van der Waals surface area (Å²) < 4.78 is 9.82. The number of ether oxygens (including phenoxy) is 2. The fourth-order valence-corrected chi connectivity index (χ4v) is 1.61. The van der Waals surface area contributed by atoms with Crippen molar-refractivity contribution in [3.63, 3.8) is 0 Å². The summed E-state index contributed by atoms with van der Waals surface area (Å²) in [6.07, 6.45) is -5.57. The van der Waals surface area contributed by atoms with Crippen LogP contribution in [0.1, 0.15) is 6.42 Å². The topological polar surface area (TPSA) is 157 Å². The van der Waals surface area contributed by atoms with Crippen molar-refractivity contribution >= 4 is 5.97 Å². The summed E-state index contributed by atoms with van der Waals surface area (Å²) in [4.78, 5) is 10.6. The SMILES string of the molecule is C=COCCOCCC(O)(C(O)CO)C(O)C(O)C(=O)O. The first-order valence-corrected chi connectivity index (χ1v) is 6.21. The molecule has 0 amide bonds. The number of carboxylic acid groups (broad SMARTS) is 1. The van der Waals surface area contributed by atoms with Crippen molar-refractivity contribution < 1.29 is 44.9 Å². The zero-order chi connectivity index (χ0) is 16.5. The predicted molar refractivity (Wildman–Crippen MR) is 69.3 cm³/mol. The molecule has 21 heavy (non-hydrogen) atoms. The molecule has 0 aromatic heterocycles. The van der Waals surface area contributed by atoms with Gasteiger partial charge in [0.1, 0.15) is 24.4 Å². The molecule has 0 aliphatic rings. The first-order chi connectivity index (χ1) is 9.81. The summed E-state index contributed by atoms with van der Waals surface area (Å²) in [5.41, 5.74) is -2.44. The highest BCUT2D eigenvalue weighted by Gasteiger charge is 2.47. The third-order valence-corrected chi connectivity index (χ3v) is 2.92. The minimum absolute atomic E-state index is 0.134. The van der Waals surface area contributed by atoms with Crippen LogP contribution in [0.5, 0.6) is 0 Å². The Bertz CT molecular complexity index is 322. The Balaban J connectivity index is 4.62. The molecular formula is C12H22O9. The van der Waals surface area contributed by atoms with Gasteiger partial charge >= 0.3 is 5.97 Å². The van der Waals surface area contributed by atoms with E-state index in [-0.39, 0.29) is 19.8 Å². The minimum Gasteiger partial charge on any atom is -0.499 e. The van der Waals surface area contributed by atoms with Gasteiger partial charge in [0.05, 0.1) is 19.5 Å². The van der Waals surface area contributed by atoms with Gasteiger partial charge in [0.25, 0.3) is 0 Å². The Morgan fingerprint density at radius 1 is 1.24 bits per heavy atom. The smallest absolute Gasteiger partial charge is 0.335 e. The van der Waals surface area contributed by atoms with Crippen molar-refractivity contribution in [3.8, 4) is 0 Å². The molecule has 0 aliphatic carbocycles. The highest BCUT2D eigenvalue weighted by Crippen LogP contribution is 2.23. The van der Waals surface area contributed by atoms with Gasteiger partial charge in [-0.1, -0.05) is 6.58 Å². The van der Waals surface area contributed by atoms with Crippen molar-refractivity contribution in [2.45, 2.75) is 30.3 Å². The largest absolute Gasteiger partial charge is 0.499 e. The van der Waals surface area contributed by atoms with Crippen LogP contribution in [0.25, 0.3) is 0 Å². The van der Waals surface area contributed by atoms with Crippen LogP contribution in [-0.4, -0.2) is 86.9 Å². The highest BCUT2D eigenvalue weighted by molar-refractivity contribution is 5.73. The Labute approximate surface area is 121 Å². The average molecular weight is 310 g/mol. The molecule has 0 saturated carbocycles. The third kappa shape index (κ3) is 5.96. The standard InChI is InChI=1S/C12H22O9/c1-2-20-5-6-21-4-3-12(19,8(14)7-13)10(16)9(15)11(17)18/h2,8-10,13-16,19H,1,3-7H2,(H,17,18). The Morgan fingerprint density at radius 3 is 2.33 bits per heavy atom. The van der Waals surface area contributed by atoms with E-state index < -0.39 is 42.9 Å². The number of carbonyl (C=O) groups is 1. The molecule has 0 aliphatic heterocycles. The van der Waals surface area contributed by atoms with Gasteiger partial charge in [-0.15, -0.1) is 0 Å². The zero-order valence-corrected chi connectivity index (χ0v) is 11.5. The average Bonchev–Trinajstić information content (AvgIpc) is 2.47. The molecule has 124 valence electrons. The number of carboxylic acids is 1. The summed E-state index contributed by atoms with van der Waals surface area (Å²) >= 11 is 0. The molecule has 0 radical (unpaired) electrons. The second kappa shape index (κ2) is 9.66. The molecule has 4 unspecified atom stereocenters. The molecule has 6 N–H and O–H groups in total. The van der Waals surface area contributed by atoms with Crippen LogP contribution in [-0.2, 0) is 14.3 Å². The van der Waals surface area contributed by atoms with E-state index in [1.807, 2.05) is 0 Å². The van der Waals surface area contributed by atoms with Crippen LogP contribution in [0, 0.1) is 0 Å². The maximum absolute atomic E-state index is 10.6. The Morgan fingerprint density at radius 2 is 1.86 bits per heavy atom. The maximum atomic E-state index is 10.6. The number of aliphatic hydroxyl groups excluding tert-OH is 4. The third-order valence-electron chi connectivity index (χ3n) is 2.92. The molecule has 9 heteroatoms. The van der Waals surface area contributed by atoms with Crippen LogP contribution in [0.3, 0.4) is 0 Å². The van der Waals surface area contributed by atoms with E-state index in [4.69, 9.17) is 19.7 Å². The molecule has 0 saturated heterocycles. The number of rotatable bonds is 12. The summed E-state index contributed by atoms with van der Waals surface area (Å²) in [6.45, 7) is 2.55. The lowest BCUT2D eigenvalue weighted by Crippen LogP contribution is -2.60. The van der Waals surface area contributed by atoms with E-state index >= 15 is 0 Å². The molecule has 0 aromatic carbocycles. The molecule has 4 atom stereocenters. The highest BCUT2D eigenvalue weighted by atomic mass is 16.5. The lowest BCUT2D eigenvalue weighted by Gasteiger charge is -2.37. The molecular weight excluding hydrogens is 288 g/mol. The van der Waals surface area contributed by atoms with Gasteiger partial charge in [-0.3, -0.25) is 0 Å². The second-order valence-electron chi connectivity index (χ2n) is 4.32. The Hall–Kier alpha value is -1.23. The van der Waals surface area contributed by atoms with E-state index in [2.05, 4.69) is 6.58 Å². The first kappa shape index (κ1) is 19.8. The normalized spacial score (nSPS) is 18.3. The summed E-state index contributed by atoms with van der Waals surface area (Å²) in [7, 11) is 0. The maximum Gasteiger partial charge on any atom is 0.335 e. The minimum atomic E-state index is -2.44. The molecule has 9 nitrogen and oxygen atoms in total. The molecule has 0 aromatic rings. The number of hydrogen-bond donors (Lipinski definition) is 6. The quantitative estimate of drug-likeness (QED) is 0.168. The van der Waals surface area contributed by atoms with Crippen molar-refractivity contribution in [2.75, 3.05) is 26.4 Å². The van der Waals surface area contributed by atoms with Gasteiger partial charge in [0.2, 0.25) is 0 Å². The van der Waals surface area contributed by atoms with Gasteiger partial charge in [0.15, 0.2) is 6.10 Å². The van der Waals surface area contributed by atoms with E-state index in [1.54, 1.807) is 0 Å². The molecule has 0 rings (SSSR count). The van der Waals surface area contributed by atoms with Gasteiger partial charge in [0, 0.05) is 13.0 Å².